The molecular weight excluding hydrogens is 265 g/mol. The van der Waals surface area contributed by atoms with Gasteiger partial charge in [0.25, 0.3) is 0 Å². The van der Waals surface area contributed by atoms with Gasteiger partial charge in [0.05, 0.1) is 6.61 Å². The maximum Gasteiger partial charge on any atom is 0.123 e. The van der Waals surface area contributed by atoms with Gasteiger partial charge in [-0.25, -0.2) is 4.39 Å². The minimum Gasteiger partial charge on any atom is -0.494 e. The van der Waals surface area contributed by atoms with Crippen molar-refractivity contribution in [2.75, 3.05) is 6.61 Å². The van der Waals surface area contributed by atoms with Crippen LogP contribution in [-0.4, -0.2) is 6.61 Å². The van der Waals surface area contributed by atoms with Gasteiger partial charge >= 0.3 is 0 Å². The Hall–Kier alpha value is -1.58. The quantitative estimate of drug-likeness (QED) is 0.899. The van der Waals surface area contributed by atoms with Crippen LogP contribution in [0.25, 0.3) is 0 Å². The largest absolute Gasteiger partial charge is 0.494 e. The molecule has 0 heterocycles. The van der Waals surface area contributed by atoms with E-state index in [9.17, 15) is 4.39 Å². The molecule has 1 unspecified atom stereocenters. The van der Waals surface area contributed by atoms with Crippen molar-refractivity contribution in [1.82, 2.24) is 0 Å². The van der Waals surface area contributed by atoms with Crippen molar-refractivity contribution < 1.29 is 9.13 Å². The highest BCUT2D eigenvalue weighted by Gasteiger charge is 2.11. The zero-order chi connectivity index (χ0) is 13.7. The van der Waals surface area contributed by atoms with E-state index in [0.717, 1.165) is 5.75 Å². The van der Waals surface area contributed by atoms with Gasteiger partial charge in [-0.05, 0) is 35.9 Å². The molecule has 0 saturated carbocycles. The number of para-hydroxylation sites is 1. The SMILES string of the molecule is NC(CCOc1ccccc1)c1cc(F)ccc1Cl. The fraction of sp³-hybridized carbons (Fsp3) is 0.200. The second-order valence-corrected chi connectivity index (χ2v) is 4.63. The fourth-order valence-corrected chi connectivity index (χ4v) is 2.03. The molecule has 1 atom stereocenters. The monoisotopic (exact) mass is 279 g/mol. The average molecular weight is 280 g/mol. The van der Waals surface area contributed by atoms with E-state index in [1.165, 1.54) is 18.2 Å². The van der Waals surface area contributed by atoms with Crippen LogP contribution in [0.1, 0.15) is 18.0 Å². The summed E-state index contributed by atoms with van der Waals surface area (Å²) in [5, 5.41) is 0.480. The molecule has 100 valence electrons. The summed E-state index contributed by atoms with van der Waals surface area (Å²) in [7, 11) is 0. The van der Waals surface area contributed by atoms with Crippen molar-refractivity contribution in [3.8, 4) is 5.75 Å². The van der Waals surface area contributed by atoms with E-state index in [1.54, 1.807) is 0 Å². The smallest absolute Gasteiger partial charge is 0.123 e. The molecule has 0 radical (unpaired) electrons. The van der Waals surface area contributed by atoms with E-state index in [-0.39, 0.29) is 11.9 Å². The molecule has 4 heteroatoms. The highest BCUT2D eigenvalue weighted by molar-refractivity contribution is 6.31. The fourth-order valence-electron chi connectivity index (χ4n) is 1.77. The van der Waals surface area contributed by atoms with Crippen LogP contribution in [0, 0.1) is 5.82 Å². The van der Waals surface area contributed by atoms with Crippen molar-refractivity contribution in [2.45, 2.75) is 12.5 Å². The Morgan fingerprint density at radius 3 is 2.63 bits per heavy atom. The highest BCUT2D eigenvalue weighted by atomic mass is 35.5. The molecular formula is C15H15ClFNO. The van der Waals surface area contributed by atoms with Crippen LogP contribution in [-0.2, 0) is 0 Å². The van der Waals surface area contributed by atoms with Gasteiger partial charge in [-0.3, -0.25) is 0 Å². The maximum atomic E-state index is 13.1. The lowest BCUT2D eigenvalue weighted by Gasteiger charge is -2.14. The van der Waals surface area contributed by atoms with Crippen molar-refractivity contribution >= 4 is 11.6 Å². The third kappa shape index (κ3) is 3.94. The first-order chi connectivity index (χ1) is 9.16. The molecule has 0 amide bonds. The zero-order valence-corrected chi connectivity index (χ0v) is 11.1. The van der Waals surface area contributed by atoms with Crippen LogP contribution in [0.2, 0.25) is 5.02 Å². The van der Waals surface area contributed by atoms with Crippen molar-refractivity contribution in [2.24, 2.45) is 5.73 Å². The molecule has 2 aromatic carbocycles. The number of hydrogen-bond acceptors (Lipinski definition) is 2. The molecule has 0 spiro atoms. The number of rotatable bonds is 5. The van der Waals surface area contributed by atoms with E-state index >= 15 is 0 Å². The Morgan fingerprint density at radius 1 is 1.16 bits per heavy atom. The predicted octanol–water partition coefficient (Wildman–Crippen LogP) is 3.95. The van der Waals surface area contributed by atoms with Crippen LogP contribution >= 0.6 is 11.6 Å². The summed E-state index contributed by atoms with van der Waals surface area (Å²) >= 11 is 6.00. The third-order valence-electron chi connectivity index (χ3n) is 2.80. The van der Waals surface area contributed by atoms with E-state index < -0.39 is 0 Å². The van der Waals surface area contributed by atoms with Crippen LogP contribution in [0.3, 0.4) is 0 Å². The summed E-state index contributed by atoms with van der Waals surface area (Å²) in [5.41, 5.74) is 6.61. The molecule has 2 aromatic rings. The van der Waals surface area contributed by atoms with Crippen LogP contribution in [0.15, 0.2) is 48.5 Å². The predicted molar refractivity (Wildman–Crippen MR) is 74.9 cm³/mol. The molecule has 2 N–H and O–H groups in total. The summed E-state index contributed by atoms with van der Waals surface area (Å²) < 4.78 is 18.7. The lowest BCUT2D eigenvalue weighted by Crippen LogP contribution is -2.15. The molecule has 0 saturated heterocycles. The molecule has 0 fully saturated rings. The molecule has 0 bridgehead atoms. The topological polar surface area (TPSA) is 35.2 Å². The van der Waals surface area contributed by atoms with Crippen molar-refractivity contribution in [3.05, 3.63) is 64.9 Å². The molecule has 19 heavy (non-hydrogen) atoms. The number of hydrogen-bond donors (Lipinski definition) is 1. The Morgan fingerprint density at radius 2 is 1.89 bits per heavy atom. The summed E-state index contributed by atoms with van der Waals surface area (Å²) in [6.45, 7) is 0.456. The van der Waals surface area contributed by atoms with Crippen molar-refractivity contribution in [3.63, 3.8) is 0 Å². The lowest BCUT2D eigenvalue weighted by molar-refractivity contribution is 0.298. The number of benzene rings is 2. The second kappa shape index (κ2) is 6.55. The Kier molecular flexibility index (Phi) is 4.77. The van der Waals surface area contributed by atoms with Gasteiger partial charge in [0.15, 0.2) is 0 Å². The van der Waals surface area contributed by atoms with Gasteiger partial charge in [0, 0.05) is 17.5 Å². The van der Waals surface area contributed by atoms with Gasteiger partial charge in [0.2, 0.25) is 0 Å². The number of halogens is 2. The lowest BCUT2D eigenvalue weighted by atomic mass is 10.1. The Labute approximate surface area is 117 Å². The maximum absolute atomic E-state index is 13.1. The van der Waals surface area contributed by atoms with Crippen LogP contribution in [0.5, 0.6) is 5.75 Å². The van der Waals surface area contributed by atoms with Gasteiger partial charge in [-0.15, -0.1) is 0 Å². The van der Waals surface area contributed by atoms with Crippen LogP contribution in [0.4, 0.5) is 4.39 Å². The minimum atomic E-state index is -0.341. The third-order valence-corrected chi connectivity index (χ3v) is 3.14. The van der Waals surface area contributed by atoms with E-state index in [0.29, 0.717) is 23.6 Å². The summed E-state index contributed by atoms with van der Waals surface area (Å²) in [4.78, 5) is 0. The molecule has 0 aromatic heterocycles. The first kappa shape index (κ1) is 13.8. The summed E-state index contributed by atoms with van der Waals surface area (Å²) in [5.74, 6) is 0.457. The highest BCUT2D eigenvalue weighted by Crippen LogP contribution is 2.24. The molecule has 0 aliphatic heterocycles. The molecule has 0 aliphatic carbocycles. The summed E-state index contributed by atoms with van der Waals surface area (Å²) in [6.07, 6.45) is 0.568. The molecule has 0 aliphatic rings. The Bertz CT molecular complexity index is 533. The van der Waals surface area contributed by atoms with E-state index in [2.05, 4.69) is 0 Å². The molecule has 2 rings (SSSR count). The molecule has 2 nitrogen and oxygen atoms in total. The number of nitrogens with two attached hydrogens (primary N) is 1. The van der Waals surface area contributed by atoms with E-state index in [4.69, 9.17) is 22.1 Å². The van der Waals surface area contributed by atoms with Crippen molar-refractivity contribution in [1.29, 1.82) is 0 Å². The summed E-state index contributed by atoms with van der Waals surface area (Å²) in [6, 6.07) is 13.3. The Balaban J connectivity index is 1.91. The first-order valence-electron chi connectivity index (χ1n) is 6.05. The standard InChI is InChI=1S/C15H15ClFNO/c16-14-7-6-11(17)10-13(14)15(18)8-9-19-12-4-2-1-3-5-12/h1-7,10,15H,8-9,18H2. The van der Waals surface area contributed by atoms with Crippen LogP contribution < -0.4 is 10.5 Å². The normalized spacial score (nSPS) is 12.2. The number of ether oxygens (including phenoxy) is 1. The average Bonchev–Trinajstić information content (AvgIpc) is 2.42. The minimum absolute atomic E-state index is 0.334. The van der Waals surface area contributed by atoms with E-state index in [1.807, 2.05) is 30.3 Å². The zero-order valence-electron chi connectivity index (χ0n) is 10.4. The van der Waals surface area contributed by atoms with Gasteiger partial charge in [0.1, 0.15) is 11.6 Å². The van der Waals surface area contributed by atoms with Gasteiger partial charge in [-0.1, -0.05) is 29.8 Å². The van der Waals surface area contributed by atoms with Gasteiger partial charge in [-0.2, -0.15) is 0 Å². The second-order valence-electron chi connectivity index (χ2n) is 4.22. The van der Waals surface area contributed by atoms with Gasteiger partial charge < -0.3 is 10.5 Å². The first-order valence-corrected chi connectivity index (χ1v) is 6.43.